The Bertz CT molecular complexity index is 878. The van der Waals surface area contributed by atoms with Gasteiger partial charge in [-0.25, -0.2) is 17.7 Å². The smallest absolute Gasteiger partial charge is 0.223 e. The molecule has 28 heavy (non-hydrogen) atoms. The normalized spacial score (nSPS) is 16.2. The van der Waals surface area contributed by atoms with Crippen LogP contribution in [0.5, 0.6) is 0 Å². The van der Waals surface area contributed by atoms with Crippen molar-refractivity contribution in [3.8, 4) is 0 Å². The van der Waals surface area contributed by atoms with Gasteiger partial charge in [0, 0.05) is 49.5 Å². The number of sulfonamides is 1. The second kappa shape index (κ2) is 9.54. The van der Waals surface area contributed by atoms with Gasteiger partial charge in [-0.1, -0.05) is 29.8 Å². The highest BCUT2D eigenvalue weighted by Crippen LogP contribution is 2.24. The van der Waals surface area contributed by atoms with Gasteiger partial charge in [0.05, 0.1) is 12.1 Å². The first-order valence-electron chi connectivity index (χ1n) is 9.40. The van der Waals surface area contributed by atoms with Crippen molar-refractivity contribution >= 4 is 27.5 Å². The van der Waals surface area contributed by atoms with E-state index in [1.165, 1.54) is 4.31 Å². The zero-order valence-electron chi connectivity index (χ0n) is 15.6. The lowest BCUT2D eigenvalue weighted by Gasteiger charge is -2.30. The van der Waals surface area contributed by atoms with E-state index in [0.717, 1.165) is 13.0 Å². The molecule has 0 aliphatic carbocycles. The number of aromatic nitrogens is 2. The van der Waals surface area contributed by atoms with Crippen LogP contribution in [0.25, 0.3) is 0 Å². The molecule has 1 aliphatic heterocycles. The van der Waals surface area contributed by atoms with Crippen LogP contribution in [0.4, 0.5) is 0 Å². The molecule has 0 unspecified atom stereocenters. The Kier molecular flexibility index (Phi) is 7.09. The Balaban J connectivity index is 1.43. The van der Waals surface area contributed by atoms with Crippen LogP contribution in [0.3, 0.4) is 0 Å². The van der Waals surface area contributed by atoms with Gasteiger partial charge < -0.3 is 9.88 Å². The van der Waals surface area contributed by atoms with Gasteiger partial charge in [0.2, 0.25) is 15.9 Å². The highest BCUT2D eigenvalue weighted by molar-refractivity contribution is 7.88. The number of hydrogen-bond acceptors (Lipinski definition) is 4. The van der Waals surface area contributed by atoms with Gasteiger partial charge in [-0.2, -0.15) is 0 Å². The van der Waals surface area contributed by atoms with Crippen molar-refractivity contribution in [3.05, 3.63) is 53.6 Å². The molecule has 1 fully saturated rings. The summed E-state index contributed by atoms with van der Waals surface area (Å²) in [6.45, 7) is 2.13. The maximum Gasteiger partial charge on any atom is 0.223 e. The van der Waals surface area contributed by atoms with Gasteiger partial charge in [-0.05, 0) is 30.9 Å². The molecular formula is C19H25ClN4O3S. The summed E-state index contributed by atoms with van der Waals surface area (Å²) in [4.78, 5) is 16.3. The molecular weight excluding hydrogens is 400 g/mol. The zero-order chi connectivity index (χ0) is 20.0. The maximum atomic E-state index is 12.7. The number of imidazole rings is 1. The second-order valence-electron chi connectivity index (χ2n) is 6.97. The molecule has 0 spiro atoms. The van der Waals surface area contributed by atoms with Crippen molar-refractivity contribution in [2.24, 2.45) is 5.92 Å². The number of benzene rings is 1. The highest BCUT2D eigenvalue weighted by Gasteiger charge is 2.31. The number of aryl methyl sites for hydroxylation is 1. The van der Waals surface area contributed by atoms with Gasteiger partial charge in [0.15, 0.2) is 0 Å². The lowest BCUT2D eigenvalue weighted by Crippen LogP contribution is -2.43. The molecule has 1 saturated heterocycles. The number of hydrogen-bond donors (Lipinski definition) is 1. The highest BCUT2D eigenvalue weighted by atomic mass is 35.5. The monoisotopic (exact) mass is 424 g/mol. The van der Waals surface area contributed by atoms with Gasteiger partial charge in [-0.15, -0.1) is 0 Å². The number of nitrogens with zero attached hydrogens (tertiary/aromatic N) is 3. The molecule has 7 nitrogen and oxygen atoms in total. The van der Waals surface area contributed by atoms with E-state index >= 15 is 0 Å². The van der Waals surface area contributed by atoms with E-state index in [9.17, 15) is 13.2 Å². The summed E-state index contributed by atoms with van der Waals surface area (Å²) in [5.41, 5.74) is 0.599. The summed E-state index contributed by atoms with van der Waals surface area (Å²) in [6, 6.07) is 6.97. The molecule has 3 rings (SSSR count). The fraction of sp³-hybridized carbons (Fsp3) is 0.474. The Labute approximate surface area is 170 Å². The van der Waals surface area contributed by atoms with Crippen molar-refractivity contribution in [1.82, 2.24) is 19.2 Å². The minimum absolute atomic E-state index is 0.00813. The molecule has 1 amide bonds. The van der Waals surface area contributed by atoms with E-state index < -0.39 is 10.0 Å². The molecule has 1 aromatic carbocycles. The molecule has 0 radical (unpaired) electrons. The third kappa shape index (κ3) is 5.56. The Morgan fingerprint density at radius 2 is 2.00 bits per heavy atom. The second-order valence-corrected chi connectivity index (χ2v) is 9.34. The molecule has 9 heteroatoms. The van der Waals surface area contributed by atoms with Crippen molar-refractivity contribution < 1.29 is 13.2 Å². The number of carbonyl (C=O) groups excluding carboxylic acids is 1. The van der Waals surface area contributed by atoms with Crippen molar-refractivity contribution in [3.63, 3.8) is 0 Å². The van der Waals surface area contributed by atoms with Crippen LogP contribution in [0.15, 0.2) is 43.0 Å². The first kappa shape index (κ1) is 20.8. The number of piperidine rings is 1. The number of amides is 1. The summed E-state index contributed by atoms with van der Waals surface area (Å²) in [5, 5.41) is 3.41. The molecule has 0 atom stereocenters. The van der Waals surface area contributed by atoms with E-state index in [4.69, 9.17) is 11.6 Å². The van der Waals surface area contributed by atoms with Gasteiger partial charge in [0.1, 0.15) is 0 Å². The van der Waals surface area contributed by atoms with Gasteiger partial charge in [0.25, 0.3) is 0 Å². The van der Waals surface area contributed by atoms with Crippen LogP contribution < -0.4 is 5.32 Å². The average molecular weight is 425 g/mol. The van der Waals surface area contributed by atoms with Gasteiger partial charge in [-0.3, -0.25) is 4.79 Å². The summed E-state index contributed by atoms with van der Waals surface area (Å²) < 4.78 is 28.8. The first-order valence-corrected chi connectivity index (χ1v) is 11.4. The van der Waals surface area contributed by atoms with Crippen LogP contribution in [0.2, 0.25) is 5.02 Å². The molecule has 1 aliphatic rings. The van der Waals surface area contributed by atoms with E-state index in [0.29, 0.717) is 43.1 Å². The number of nitrogens with one attached hydrogen (secondary N) is 1. The summed E-state index contributed by atoms with van der Waals surface area (Å²) in [6.07, 6.45) is 7.27. The third-order valence-corrected chi connectivity index (χ3v) is 7.16. The number of halogens is 1. The van der Waals surface area contributed by atoms with E-state index in [1.54, 1.807) is 36.8 Å². The Morgan fingerprint density at radius 3 is 2.68 bits per heavy atom. The van der Waals surface area contributed by atoms with Crippen molar-refractivity contribution in [2.75, 3.05) is 19.6 Å². The van der Waals surface area contributed by atoms with Crippen LogP contribution in [-0.2, 0) is 27.1 Å². The molecule has 2 heterocycles. The minimum atomic E-state index is -3.45. The third-order valence-electron chi connectivity index (χ3n) is 4.97. The van der Waals surface area contributed by atoms with E-state index in [-0.39, 0.29) is 17.6 Å². The topological polar surface area (TPSA) is 84.3 Å². The van der Waals surface area contributed by atoms with Crippen molar-refractivity contribution in [2.45, 2.75) is 31.6 Å². The molecule has 1 N–H and O–H groups in total. The fourth-order valence-electron chi connectivity index (χ4n) is 3.34. The summed E-state index contributed by atoms with van der Waals surface area (Å²) in [5.74, 6) is -0.244. The van der Waals surface area contributed by atoms with Crippen LogP contribution in [-0.4, -0.2) is 47.8 Å². The number of carbonyl (C=O) groups is 1. The lowest BCUT2D eigenvalue weighted by atomic mass is 9.97. The van der Waals surface area contributed by atoms with Crippen LogP contribution in [0.1, 0.15) is 24.8 Å². The van der Waals surface area contributed by atoms with Crippen molar-refractivity contribution in [1.29, 1.82) is 0 Å². The molecule has 2 aromatic rings. The quantitative estimate of drug-likeness (QED) is 0.659. The minimum Gasteiger partial charge on any atom is -0.356 e. The summed E-state index contributed by atoms with van der Waals surface area (Å²) in [7, 11) is -3.45. The lowest BCUT2D eigenvalue weighted by molar-refractivity contribution is -0.126. The predicted molar refractivity (Wildman–Crippen MR) is 108 cm³/mol. The molecule has 0 saturated carbocycles. The Hall–Kier alpha value is -1.90. The van der Waals surface area contributed by atoms with E-state index in [1.807, 2.05) is 10.8 Å². The van der Waals surface area contributed by atoms with E-state index in [2.05, 4.69) is 10.3 Å². The predicted octanol–water partition coefficient (Wildman–Crippen LogP) is 2.28. The molecule has 1 aromatic heterocycles. The standard InChI is InChI=1S/C19H25ClN4O3S/c20-18-5-2-1-4-17(18)14-28(26,27)24-11-6-16(7-12-24)19(25)22-8-3-10-23-13-9-21-15-23/h1-2,4-5,9,13,15-16H,3,6-8,10-12,14H2,(H,22,25). The maximum absolute atomic E-state index is 12.7. The largest absolute Gasteiger partial charge is 0.356 e. The van der Waals surface area contributed by atoms with Crippen LogP contribution >= 0.6 is 11.6 Å². The summed E-state index contributed by atoms with van der Waals surface area (Å²) >= 11 is 6.09. The molecule has 0 bridgehead atoms. The molecule has 152 valence electrons. The fourth-order valence-corrected chi connectivity index (χ4v) is 5.21. The SMILES string of the molecule is O=C(NCCCn1ccnc1)C1CCN(S(=O)(=O)Cc2ccccc2Cl)CC1. The first-order chi connectivity index (χ1) is 13.5. The Morgan fingerprint density at radius 1 is 1.25 bits per heavy atom. The average Bonchev–Trinajstić information content (AvgIpc) is 3.20. The van der Waals surface area contributed by atoms with Crippen LogP contribution in [0, 0.1) is 5.92 Å². The van der Waals surface area contributed by atoms with Gasteiger partial charge >= 0.3 is 0 Å². The number of rotatable bonds is 8. The zero-order valence-corrected chi connectivity index (χ0v) is 17.2.